The third-order valence-electron chi connectivity index (χ3n) is 3.66. The van der Waals surface area contributed by atoms with E-state index < -0.39 is 5.60 Å². The van der Waals surface area contributed by atoms with Crippen LogP contribution in [-0.4, -0.2) is 54.0 Å². The molecule has 0 saturated carbocycles. The zero-order chi connectivity index (χ0) is 16.9. The second-order valence-electron chi connectivity index (χ2n) is 6.80. The monoisotopic (exact) mass is 320 g/mol. The number of benzene rings is 1. The molecule has 0 N–H and O–H groups in total. The van der Waals surface area contributed by atoms with Gasteiger partial charge in [-0.1, -0.05) is 30.3 Å². The topological polar surface area (TPSA) is 42.0 Å². The van der Waals surface area contributed by atoms with Crippen LogP contribution in [0.25, 0.3) is 0 Å². The Balaban J connectivity index is 1.98. The smallest absolute Gasteiger partial charge is 0.412 e. The van der Waals surface area contributed by atoms with E-state index in [0.29, 0.717) is 19.7 Å². The van der Waals surface area contributed by atoms with Crippen molar-refractivity contribution in [2.45, 2.75) is 46.1 Å². The molecule has 1 heterocycles. The van der Waals surface area contributed by atoms with Crippen molar-refractivity contribution in [3.05, 3.63) is 35.9 Å². The molecule has 0 unspecified atom stereocenters. The van der Waals surface area contributed by atoms with Gasteiger partial charge in [-0.15, -0.1) is 0 Å². The first-order valence-corrected chi connectivity index (χ1v) is 8.26. The molecule has 0 aromatic heterocycles. The average Bonchev–Trinajstić information content (AvgIpc) is 2.47. The maximum atomic E-state index is 12.4. The predicted molar refractivity (Wildman–Crippen MR) is 90.1 cm³/mol. The highest BCUT2D eigenvalue weighted by molar-refractivity contribution is 5.68. The molecule has 5 nitrogen and oxygen atoms in total. The predicted octanol–water partition coefficient (Wildman–Crippen LogP) is 3.10. The number of hydrogen-bond acceptors (Lipinski definition) is 4. The second kappa shape index (κ2) is 7.79. The van der Waals surface area contributed by atoms with Crippen molar-refractivity contribution in [2.24, 2.45) is 0 Å². The average molecular weight is 320 g/mol. The molecular formula is C18H28N2O3. The molecule has 1 aromatic rings. The summed E-state index contributed by atoms with van der Waals surface area (Å²) in [5.74, 6) is 0. The first-order valence-electron chi connectivity index (χ1n) is 8.26. The maximum absolute atomic E-state index is 12.4. The van der Waals surface area contributed by atoms with Crippen LogP contribution < -0.4 is 0 Å². The molecule has 1 aromatic carbocycles. The summed E-state index contributed by atoms with van der Waals surface area (Å²) >= 11 is 0. The van der Waals surface area contributed by atoms with E-state index in [0.717, 1.165) is 13.1 Å². The van der Waals surface area contributed by atoms with Gasteiger partial charge in [0.15, 0.2) is 0 Å². The summed E-state index contributed by atoms with van der Waals surface area (Å²) < 4.78 is 11.3. The van der Waals surface area contributed by atoms with Gasteiger partial charge in [0.05, 0.1) is 0 Å². The molecule has 128 valence electrons. The van der Waals surface area contributed by atoms with Gasteiger partial charge in [0.2, 0.25) is 0 Å². The molecule has 1 aliphatic heterocycles. The Labute approximate surface area is 139 Å². The molecule has 0 aliphatic carbocycles. The molecule has 1 saturated heterocycles. The molecule has 0 bridgehead atoms. The Kier molecular flexibility index (Phi) is 6.02. The van der Waals surface area contributed by atoms with Crippen LogP contribution >= 0.6 is 0 Å². The lowest BCUT2D eigenvalue weighted by Gasteiger charge is -2.41. The highest BCUT2D eigenvalue weighted by atomic mass is 16.6. The van der Waals surface area contributed by atoms with Crippen LogP contribution in [0.2, 0.25) is 0 Å². The van der Waals surface area contributed by atoms with Gasteiger partial charge in [-0.3, -0.25) is 9.80 Å². The fourth-order valence-corrected chi connectivity index (χ4v) is 2.65. The van der Waals surface area contributed by atoms with Gasteiger partial charge in [0.25, 0.3) is 0 Å². The van der Waals surface area contributed by atoms with Crippen molar-refractivity contribution in [1.29, 1.82) is 0 Å². The van der Waals surface area contributed by atoms with E-state index >= 15 is 0 Å². The molecule has 0 spiro atoms. The first-order chi connectivity index (χ1) is 10.9. The Hall–Kier alpha value is -1.59. The van der Waals surface area contributed by atoms with Gasteiger partial charge < -0.3 is 9.47 Å². The molecule has 2 rings (SSSR count). The van der Waals surface area contributed by atoms with Crippen molar-refractivity contribution < 1.29 is 14.3 Å². The Morgan fingerprint density at radius 1 is 1.22 bits per heavy atom. The third kappa shape index (κ3) is 5.52. The van der Waals surface area contributed by atoms with Crippen LogP contribution in [-0.2, 0) is 16.0 Å². The normalized spacial score (nSPS) is 19.7. The SMILES string of the molecule is CCO[C@@H]1CN(Cc2ccccc2)CCN1C(=O)OC(C)(C)C. The minimum Gasteiger partial charge on any atom is -0.444 e. The fraction of sp³-hybridized carbons (Fsp3) is 0.611. The van der Waals surface area contributed by atoms with Crippen LogP contribution in [0.15, 0.2) is 30.3 Å². The third-order valence-corrected chi connectivity index (χ3v) is 3.66. The largest absolute Gasteiger partial charge is 0.444 e. The van der Waals surface area contributed by atoms with E-state index in [-0.39, 0.29) is 12.3 Å². The number of nitrogens with zero attached hydrogens (tertiary/aromatic N) is 2. The van der Waals surface area contributed by atoms with Crippen molar-refractivity contribution in [3.8, 4) is 0 Å². The second-order valence-corrected chi connectivity index (χ2v) is 6.80. The zero-order valence-electron chi connectivity index (χ0n) is 14.6. The minimum atomic E-state index is -0.491. The van der Waals surface area contributed by atoms with E-state index in [4.69, 9.17) is 9.47 Å². The summed E-state index contributed by atoms with van der Waals surface area (Å²) in [7, 11) is 0. The van der Waals surface area contributed by atoms with Crippen LogP contribution in [0.4, 0.5) is 4.79 Å². The number of carbonyl (C=O) groups is 1. The van der Waals surface area contributed by atoms with Crippen molar-refractivity contribution in [2.75, 3.05) is 26.2 Å². The Morgan fingerprint density at radius 2 is 1.91 bits per heavy atom. The molecule has 23 heavy (non-hydrogen) atoms. The lowest BCUT2D eigenvalue weighted by molar-refractivity contribution is -0.0988. The molecule has 1 aliphatic rings. The summed E-state index contributed by atoms with van der Waals surface area (Å²) in [6, 6.07) is 10.4. The van der Waals surface area contributed by atoms with E-state index in [9.17, 15) is 4.79 Å². The molecule has 1 fully saturated rings. The van der Waals surface area contributed by atoms with E-state index in [1.165, 1.54) is 5.56 Å². The van der Waals surface area contributed by atoms with E-state index in [1.54, 1.807) is 4.90 Å². The van der Waals surface area contributed by atoms with E-state index in [2.05, 4.69) is 17.0 Å². The molecule has 1 amide bonds. The lowest BCUT2D eigenvalue weighted by Crippen LogP contribution is -2.56. The fourth-order valence-electron chi connectivity index (χ4n) is 2.65. The Bertz CT molecular complexity index is 499. The molecule has 1 atom stereocenters. The highest BCUT2D eigenvalue weighted by Gasteiger charge is 2.33. The summed E-state index contributed by atoms with van der Waals surface area (Å²) in [5.41, 5.74) is 0.781. The maximum Gasteiger partial charge on any atom is 0.412 e. The zero-order valence-corrected chi connectivity index (χ0v) is 14.6. The number of rotatable bonds is 4. The summed E-state index contributed by atoms with van der Waals surface area (Å²) in [6.45, 7) is 11.2. The van der Waals surface area contributed by atoms with Gasteiger partial charge in [0, 0.05) is 32.8 Å². The summed E-state index contributed by atoms with van der Waals surface area (Å²) in [5, 5.41) is 0. The minimum absolute atomic E-state index is 0.257. The number of hydrogen-bond donors (Lipinski definition) is 0. The quantitative estimate of drug-likeness (QED) is 0.855. The van der Waals surface area contributed by atoms with E-state index in [1.807, 2.05) is 45.9 Å². The first kappa shape index (κ1) is 17.8. The van der Waals surface area contributed by atoms with Gasteiger partial charge in [0.1, 0.15) is 11.8 Å². The van der Waals surface area contributed by atoms with Gasteiger partial charge in [-0.25, -0.2) is 4.79 Å². The van der Waals surface area contributed by atoms with Crippen molar-refractivity contribution >= 4 is 6.09 Å². The van der Waals surface area contributed by atoms with Gasteiger partial charge >= 0.3 is 6.09 Å². The van der Waals surface area contributed by atoms with Crippen molar-refractivity contribution in [1.82, 2.24) is 9.80 Å². The molecule has 5 heteroatoms. The van der Waals surface area contributed by atoms with Crippen LogP contribution in [0, 0.1) is 0 Å². The van der Waals surface area contributed by atoms with Gasteiger partial charge in [-0.2, -0.15) is 0 Å². The summed E-state index contributed by atoms with van der Waals surface area (Å²) in [4.78, 5) is 16.4. The molecule has 0 radical (unpaired) electrons. The lowest BCUT2D eigenvalue weighted by atomic mass is 10.2. The van der Waals surface area contributed by atoms with Crippen molar-refractivity contribution in [3.63, 3.8) is 0 Å². The highest BCUT2D eigenvalue weighted by Crippen LogP contribution is 2.18. The number of piperazine rings is 1. The number of ether oxygens (including phenoxy) is 2. The summed E-state index contributed by atoms with van der Waals surface area (Å²) in [6.07, 6.45) is -0.553. The molecular weight excluding hydrogens is 292 g/mol. The van der Waals surface area contributed by atoms with Crippen LogP contribution in [0.1, 0.15) is 33.3 Å². The van der Waals surface area contributed by atoms with Crippen LogP contribution in [0.3, 0.4) is 0 Å². The van der Waals surface area contributed by atoms with Gasteiger partial charge in [-0.05, 0) is 33.3 Å². The number of amides is 1. The standard InChI is InChI=1S/C18H28N2O3/c1-5-22-16-14-19(13-15-9-7-6-8-10-15)11-12-20(16)17(21)23-18(2,3)4/h6-10,16H,5,11-14H2,1-4H3/t16-/m1/s1. The number of carbonyl (C=O) groups excluding carboxylic acids is 1. The van der Waals surface area contributed by atoms with Crippen LogP contribution in [0.5, 0.6) is 0 Å². The Morgan fingerprint density at radius 3 is 2.52 bits per heavy atom.